The minimum atomic E-state index is -3.26. The van der Waals surface area contributed by atoms with E-state index in [1.807, 2.05) is 4.72 Å². The zero-order valence-electron chi connectivity index (χ0n) is 6.46. The molecule has 0 aromatic heterocycles. The van der Waals surface area contributed by atoms with Crippen molar-refractivity contribution in [1.82, 2.24) is 4.72 Å². The Bertz CT molecular complexity index is 212. The second kappa shape index (κ2) is 5.96. The van der Waals surface area contributed by atoms with E-state index >= 15 is 0 Å². The molecular weight excluding hydrogens is 181 g/mol. The van der Waals surface area contributed by atoms with Crippen LogP contribution in [0.15, 0.2) is 0 Å². The number of carboxylic acid groups (broad SMARTS) is 1. The molecule has 0 radical (unpaired) electrons. The molecule has 0 aromatic rings. The number of rotatable bonds is 4. The molecule has 0 saturated carbocycles. The number of nitrogens with one attached hydrogen (secondary N) is 1. The van der Waals surface area contributed by atoms with Gasteiger partial charge in [0.15, 0.2) is 0 Å². The normalized spacial score (nSPS) is 10.3. The standard InChI is InChI=1S/C4H9NO4S.Na/c1-10(8,9)5-3-2-4(6)7;/h5H,2-3H2,1H3,(H,6,7);/q;+1/p-1. The first-order valence-corrected chi connectivity index (χ1v) is 4.45. The van der Waals surface area contributed by atoms with Gasteiger partial charge in [0, 0.05) is 18.9 Å². The van der Waals surface area contributed by atoms with E-state index < -0.39 is 16.0 Å². The second-order valence-corrected chi connectivity index (χ2v) is 3.62. The third-order valence-corrected chi connectivity index (χ3v) is 1.42. The van der Waals surface area contributed by atoms with Gasteiger partial charge in [-0.1, -0.05) is 0 Å². The van der Waals surface area contributed by atoms with E-state index in [1.165, 1.54) is 0 Å². The molecule has 0 aliphatic rings. The Kier molecular flexibility index (Phi) is 7.55. The summed E-state index contributed by atoms with van der Waals surface area (Å²) in [6, 6.07) is 0. The molecule has 0 fully saturated rings. The van der Waals surface area contributed by atoms with Crippen molar-refractivity contribution in [1.29, 1.82) is 0 Å². The van der Waals surface area contributed by atoms with Gasteiger partial charge in [0.1, 0.15) is 0 Å². The van der Waals surface area contributed by atoms with Crippen molar-refractivity contribution in [2.24, 2.45) is 0 Å². The van der Waals surface area contributed by atoms with Crippen molar-refractivity contribution in [3.63, 3.8) is 0 Å². The third-order valence-electron chi connectivity index (χ3n) is 0.693. The topological polar surface area (TPSA) is 86.3 Å². The molecule has 0 bridgehead atoms. The quantitative estimate of drug-likeness (QED) is 0.447. The van der Waals surface area contributed by atoms with Crippen LogP contribution in [0.2, 0.25) is 0 Å². The maximum atomic E-state index is 10.3. The fraction of sp³-hybridized carbons (Fsp3) is 0.750. The van der Waals surface area contributed by atoms with Crippen LogP contribution in [0.4, 0.5) is 0 Å². The van der Waals surface area contributed by atoms with Crippen LogP contribution in [0.3, 0.4) is 0 Å². The maximum Gasteiger partial charge on any atom is 1.00 e. The van der Waals surface area contributed by atoms with E-state index in [2.05, 4.69) is 0 Å². The molecular formula is C4H8NNaO4S. The molecule has 0 aliphatic heterocycles. The Balaban J connectivity index is 0. The summed E-state index contributed by atoms with van der Waals surface area (Å²) in [5.74, 6) is -1.27. The van der Waals surface area contributed by atoms with Gasteiger partial charge >= 0.3 is 29.6 Å². The zero-order valence-corrected chi connectivity index (χ0v) is 9.27. The molecule has 0 aliphatic carbocycles. The largest absolute Gasteiger partial charge is 1.00 e. The minimum absolute atomic E-state index is 0. The van der Waals surface area contributed by atoms with Gasteiger partial charge in [0.05, 0.1) is 6.26 Å². The fourth-order valence-corrected chi connectivity index (χ4v) is 0.811. The predicted molar refractivity (Wildman–Crippen MR) is 32.5 cm³/mol. The molecule has 0 unspecified atom stereocenters. The number of carbonyl (C=O) groups excluding carboxylic acids is 1. The van der Waals surface area contributed by atoms with Crippen molar-refractivity contribution in [3.8, 4) is 0 Å². The summed E-state index contributed by atoms with van der Waals surface area (Å²) in [7, 11) is -3.26. The Hall–Kier alpha value is 0.380. The molecule has 1 N–H and O–H groups in total. The van der Waals surface area contributed by atoms with Crippen molar-refractivity contribution >= 4 is 16.0 Å². The van der Waals surface area contributed by atoms with Crippen molar-refractivity contribution in [2.75, 3.05) is 12.8 Å². The van der Waals surface area contributed by atoms with Crippen LogP contribution in [0.5, 0.6) is 0 Å². The average molecular weight is 189 g/mol. The first kappa shape index (κ1) is 13.9. The summed E-state index contributed by atoms with van der Waals surface area (Å²) < 4.78 is 22.6. The molecule has 5 nitrogen and oxygen atoms in total. The summed E-state index contributed by atoms with van der Waals surface area (Å²) in [5, 5.41) is 9.74. The number of sulfonamides is 1. The van der Waals surface area contributed by atoms with Crippen molar-refractivity contribution in [2.45, 2.75) is 6.42 Å². The van der Waals surface area contributed by atoms with Gasteiger partial charge in [0.25, 0.3) is 0 Å². The molecule has 0 aromatic carbocycles. The number of carboxylic acids is 1. The van der Waals surface area contributed by atoms with Crippen molar-refractivity contribution < 1.29 is 47.9 Å². The molecule has 0 atom stereocenters. The predicted octanol–water partition coefficient (Wildman–Crippen LogP) is -5.32. The van der Waals surface area contributed by atoms with Crippen LogP contribution in [-0.2, 0) is 14.8 Å². The second-order valence-electron chi connectivity index (χ2n) is 1.79. The monoisotopic (exact) mass is 189 g/mol. The molecule has 7 heteroatoms. The van der Waals surface area contributed by atoms with Crippen LogP contribution >= 0.6 is 0 Å². The summed E-state index contributed by atoms with van der Waals surface area (Å²) >= 11 is 0. The van der Waals surface area contributed by atoms with Gasteiger partial charge < -0.3 is 9.90 Å². The van der Waals surface area contributed by atoms with Crippen molar-refractivity contribution in [3.05, 3.63) is 0 Å². The molecule has 0 spiro atoms. The van der Waals surface area contributed by atoms with E-state index in [-0.39, 0.29) is 42.5 Å². The average Bonchev–Trinajstić information content (AvgIpc) is 1.59. The maximum absolute atomic E-state index is 10.3. The van der Waals surface area contributed by atoms with Gasteiger partial charge in [-0.2, -0.15) is 0 Å². The number of carbonyl (C=O) groups is 1. The Morgan fingerprint density at radius 1 is 1.55 bits per heavy atom. The van der Waals surface area contributed by atoms with Gasteiger partial charge in [-0.3, -0.25) is 0 Å². The van der Waals surface area contributed by atoms with E-state index in [1.54, 1.807) is 0 Å². The fourth-order valence-electron chi connectivity index (χ4n) is 0.338. The minimum Gasteiger partial charge on any atom is -0.550 e. The van der Waals surface area contributed by atoms with Gasteiger partial charge in [-0.05, 0) is 0 Å². The summed E-state index contributed by atoms with van der Waals surface area (Å²) in [6.07, 6.45) is 0.662. The Labute approximate surface area is 87.5 Å². The van der Waals surface area contributed by atoms with E-state index in [0.717, 1.165) is 6.26 Å². The molecule has 0 rings (SSSR count). The third kappa shape index (κ3) is 13.4. The summed E-state index contributed by atoms with van der Waals surface area (Å²) in [4.78, 5) is 9.74. The first-order chi connectivity index (χ1) is 4.42. The molecule has 60 valence electrons. The van der Waals surface area contributed by atoms with Crippen LogP contribution in [0, 0.1) is 0 Å². The van der Waals surface area contributed by atoms with E-state index in [9.17, 15) is 18.3 Å². The van der Waals surface area contributed by atoms with Gasteiger partial charge in [0.2, 0.25) is 10.0 Å². The molecule has 0 heterocycles. The first-order valence-electron chi connectivity index (χ1n) is 2.56. The smallest absolute Gasteiger partial charge is 0.550 e. The van der Waals surface area contributed by atoms with E-state index in [0.29, 0.717) is 0 Å². The van der Waals surface area contributed by atoms with Crippen LogP contribution < -0.4 is 39.4 Å². The zero-order chi connectivity index (χ0) is 8.20. The number of aliphatic carboxylic acids is 1. The Morgan fingerprint density at radius 2 is 2.00 bits per heavy atom. The summed E-state index contributed by atoms with van der Waals surface area (Å²) in [6.45, 7) is -0.110. The molecule has 0 saturated heterocycles. The summed E-state index contributed by atoms with van der Waals surface area (Å²) in [5.41, 5.74) is 0. The van der Waals surface area contributed by atoms with Crippen LogP contribution in [0.25, 0.3) is 0 Å². The SMILES string of the molecule is CS(=O)(=O)NCCC(=O)[O-].[Na+]. The van der Waals surface area contributed by atoms with Crippen LogP contribution in [-0.4, -0.2) is 27.2 Å². The van der Waals surface area contributed by atoms with Gasteiger partial charge in [-0.25, -0.2) is 13.1 Å². The number of hydrogen-bond donors (Lipinski definition) is 1. The van der Waals surface area contributed by atoms with E-state index in [4.69, 9.17) is 0 Å². The Morgan fingerprint density at radius 3 is 2.27 bits per heavy atom. The molecule has 11 heavy (non-hydrogen) atoms. The molecule has 0 amide bonds. The van der Waals surface area contributed by atoms with Crippen LogP contribution in [0.1, 0.15) is 6.42 Å². The van der Waals surface area contributed by atoms with Gasteiger partial charge in [-0.15, -0.1) is 0 Å². The number of hydrogen-bond acceptors (Lipinski definition) is 4.